The molecule has 3 fully saturated rings. The minimum absolute atomic E-state index is 0.159. The van der Waals surface area contributed by atoms with Crippen molar-refractivity contribution in [2.45, 2.75) is 32.2 Å². The van der Waals surface area contributed by atoms with Gasteiger partial charge in [0.1, 0.15) is 5.82 Å². The summed E-state index contributed by atoms with van der Waals surface area (Å²) in [4.78, 5) is 31.9. The minimum atomic E-state index is -0.250. The van der Waals surface area contributed by atoms with Crippen molar-refractivity contribution in [2.75, 3.05) is 50.8 Å². The number of nitriles is 1. The van der Waals surface area contributed by atoms with Crippen LogP contribution < -0.4 is 4.90 Å². The zero-order valence-electron chi connectivity index (χ0n) is 20.7. The van der Waals surface area contributed by atoms with E-state index in [1.807, 2.05) is 48.4 Å². The van der Waals surface area contributed by atoms with Crippen molar-refractivity contribution < 1.29 is 19.4 Å². The van der Waals surface area contributed by atoms with E-state index in [2.05, 4.69) is 21.9 Å². The molecule has 1 amide bonds. The predicted octanol–water partition coefficient (Wildman–Crippen LogP) is 3.45. The number of carboxylic acid groups (broad SMARTS) is 1. The molecule has 3 aliphatic rings. The van der Waals surface area contributed by atoms with Crippen LogP contribution in [0.25, 0.3) is 11.1 Å². The van der Waals surface area contributed by atoms with E-state index < -0.39 is 0 Å². The summed E-state index contributed by atoms with van der Waals surface area (Å²) in [6, 6.07) is 14.6. The molecule has 1 saturated carbocycles. The zero-order valence-corrected chi connectivity index (χ0v) is 20.7. The molecule has 9 nitrogen and oxygen atoms in total. The largest absolute Gasteiger partial charge is 0.483 e. The average Bonchev–Trinajstić information content (AvgIpc) is 3.35. The lowest BCUT2D eigenvalue weighted by Gasteiger charge is -2.48. The first-order valence-electron chi connectivity index (χ1n) is 12.5. The Morgan fingerprint density at radius 2 is 1.92 bits per heavy atom. The Bertz CT molecular complexity index is 1090. The van der Waals surface area contributed by atoms with E-state index in [-0.39, 0.29) is 12.6 Å². The smallest absolute Gasteiger partial charge is 0.409 e. The molecule has 0 radical (unpaired) electrons. The Morgan fingerprint density at radius 3 is 2.56 bits per heavy atom. The highest BCUT2D eigenvalue weighted by Crippen LogP contribution is 2.47. The summed E-state index contributed by atoms with van der Waals surface area (Å²) in [5.74, 6) is 1.02. The first kappa shape index (κ1) is 25.5. The van der Waals surface area contributed by atoms with E-state index in [1.165, 1.54) is 19.3 Å². The minimum Gasteiger partial charge on any atom is -0.483 e. The molecule has 5 rings (SSSR count). The lowest BCUT2D eigenvalue weighted by atomic mass is 9.78. The molecule has 1 aliphatic carbocycles. The highest BCUT2D eigenvalue weighted by Gasteiger charge is 2.51. The molecule has 1 aromatic heterocycles. The standard InChI is InChI=1S/C26H31N5O2.CH2O2/c1-2-33-25(32)31-18-26(19-31)10-9-22(16-26)29-12-14-30(15-13-29)24-23(4-3-11-28-24)21-7-5-20(17-27)6-8-21;2-1-3/h3-8,11,22H,2,9-10,12-16,18-19H2,1H3;1H,(H,2,3). The Kier molecular flexibility index (Phi) is 8.06. The van der Waals surface area contributed by atoms with E-state index in [4.69, 9.17) is 24.9 Å². The van der Waals surface area contributed by atoms with Crippen LogP contribution in [0.1, 0.15) is 31.7 Å². The Hall–Kier alpha value is -3.64. The Balaban J connectivity index is 0.000000967. The summed E-state index contributed by atoms with van der Waals surface area (Å²) in [5, 5.41) is 16.0. The van der Waals surface area contributed by atoms with Gasteiger partial charge in [-0.2, -0.15) is 5.26 Å². The molecule has 0 bridgehead atoms. The van der Waals surface area contributed by atoms with E-state index in [9.17, 15) is 4.79 Å². The molecule has 190 valence electrons. The number of piperazine rings is 1. The number of likely N-dealkylation sites (tertiary alicyclic amines) is 1. The fourth-order valence-corrected chi connectivity index (χ4v) is 5.78. The number of benzene rings is 1. The third-order valence-corrected chi connectivity index (χ3v) is 7.50. The Morgan fingerprint density at radius 1 is 1.22 bits per heavy atom. The second-order valence-electron chi connectivity index (χ2n) is 9.64. The summed E-state index contributed by atoms with van der Waals surface area (Å²) in [6.45, 7) is 7.73. The van der Waals surface area contributed by atoms with Gasteiger partial charge in [0.2, 0.25) is 0 Å². The third kappa shape index (κ3) is 5.44. The van der Waals surface area contributed by atoms with Gasteiger partial charge in [0.15, 0.2) is 0 Å². The normalized spacial score (nSPS) is 20.6. The number of carbonyl (C=O) groups is 2. The van der Waals surface area contributed by atoms with Gasteiger partial charge in [0, 0.05) is 62.5 Å². The summed E-state index contributed by atoms with van der Waals surface area (Å²) in [5.41, 5.74) is 3.18. The molecule has 2 saturated heterocycles. The van der Waals surface area contributed by atoms with Crippen LogP contribution in [0.3, 0.4) is 0 Å². The number of pyridine rings is 1. The number of carbonyl (C=O) groups excluding carboxylic acids is 1. The van der Waals surface area contributed by atoms with Crippen LogP contribution in [0.2, 0.25) is 0 Å². The van der Waals surface area contributed by atoms with Crippen molar-refractivity contribution in [2.24, 2.45) is 5.41 Å². The van der Waals surface area contributed by atoms with Crippen molar-refractivity contribution in [3.63, 3.8) is 0 Å². The maximum Gasteiger partial charge on any atom is 0.409 e. The maximum absolute atomic E-state index is 11.9. The Labute approximate surface area is 211 Å². The van der Waals surface area contributed by atoms with E-state index in [1.54, 1.807) is 0 Å². The number of aromatic nitrogens is 1. The molecule has 1 spiro atoms. The molecule has 36 heavy (non-hydrogen) atoms. The van der Waals surface area contributed by atoms with Crippen LogP contribution in [0.15, 0.2) is 42.6 Å². The summed E-state index contributed by atoms with van der Waals surface area (Å²) in [7, 11) is 0. The van der Waals surface area contributed by atoms with Crippen molar-refractivity contribution in [1.82, 2.24) is 14.8 Å². The van der Waals surface area contributed by atoms with E-state index in [0.717, 1.165) is 56.2 Å². The van der Waals surface area contributed by atoms with Gasteiger partial charge in [-0.3, -0.25) is 9.69 Å². The summed E-state index contributed by atoms with van der Waals surface area (Å²) in [6.07, 6.45) is 5.31. The molecular formula is C27H33N5O4. The predicted molar refractivity (Wildman–Crippen MR) is 136 cm³/mol. The van der Waals surface area contributed by atoms with Crippen LogP contribution in [0.4, 0.5) is 10.6 Å². The molecule has 1 N–H and O–H groups in total. The third-order valence-electron chi connectivity index (χ3n) is 7.50. The summed E-state index contributed by atoms with van der Waals surface area (Å²) >= 11 is 0. The number of nitrogens with zero attached hydrogens (tertiary/aromatic N) is 5. The van der Waals surface area contributed by atoms with E-state index >= 15 is 0 Å². The quantitative estimate of drug-likeness (QED) is 0.648. The zero-order chi connectivity index (χ0) is 25.5. The van der Waals surface area contributed by atoms with Crippen molar-refractivity contribution in [3.8, 4) is 17.2 Å². The van der Waals surface area contributed by atoms with Gasteiger partial charge in [0.25, 0.3) is 6.47 Å². The number of rotatable bonds is 4. The van der Waals surface area contributed by atoms with Crippen LogP contribution >= 0.6 is 0 Å². The van der Waals surface area contributed by atoms with Crippen molar-refractivity contribution in [1.29, 1.82) is 5.26 Å². The fourth-order valence-electron chi connectivity index (χ4n) is 5.78. The van der Waals surface area contributed by atoms with Gasteiger partial charge >= 0.3 is 6.09 Å². The molecule has 3 heterocycles. The van der Waals surface area contributed by atoms with Crippen molar-refractivity contribution in [3.05, 3.63) is 48.2 Å². The molecular weight excluding hydrogens is 458 g/mol. The van der Waals surface area contributed by atoms with Crippen LogP contribution in [-0.2, 0) is 9.53 Å². The molecule has 2 aliphatic heterocycles. The van der Waals surface area contributed by atoms with E-state index in [0.29, 0.717) is 23.6 Å². The van der Waals surface area contributed by atoms with Gasteiger partial charge < -0.3 is 19.6 Å². The molecule has 2 aromatic rings. The lowest BCUT2D eigenvalue weighted by Crippen LogP contribution is -2.58. The number of ether oxygens (including phenoxy) is 1. The van der Waals surface area contributed by atoms with Crippen LogP contribution in [0, 0.1) is 16.7 Å². The van der Waals surface area contributed by atoms with Crippen molar-refractivity contribution >= 4 is 18.4 Å². The molecule has 9 heteroatoms. The van der Waals surface area contributed by atoms with Crippen LogP contribution in [0.5, 0.6) is 0 Å². The number of anilines is 1. The maximum atomic E-state index is 11.9. The average molecular weight is 492 g/mol. The monoisotopic (exact) mass is 491 g/mol. The van der Waals surface area contributed by atoms with Gasteiger partial charge in [-0.05, 0) is 56.0 Å². The second-order valence-corrected chi connectivity index (χ2v) is 9.64. The second kappa shape index (κ2) is 11.4. The first-order valence-corrected chi connectivity index (χ1v) is 12.5. The molecule has 1 atom stereocenters. The number of hydrogen-bond acceptors (Lipinski definition) is 7. The molecule has 1 aromatic carbocycles. The van der Waals surface area contributed by atoms with Gasteiger partial charge in [0.05, 0.1) is 18.2 Å². The van der Waals surface area contributed by atoms with Gasteiger partial charge in [-0.1, -0.05) is 12.1 Å². The first-order chi connectivity index (χ1) is 17.5. The number of amides is 1. The number of hydrogen-bond donors (Lipinski definition) is 1. The molecule has 1 unspecified atom stereocenters. The van der Waals surface area contributed by atoms with Gasteiger partial charge in [-0.25, -0.2) is 9.78 Å². The highest BCUT2D eigenvalue weighted by atomic mass is 16.6. The lowest BCUT2D eigenvalue weighted by molar-refractivity contribution is -0.122. The topological polar surface area (TPSA) is 110 Å². The summed E-state index contributed by atoms with van der Waals surface area (Å²) < 4.78 is 5.15. The van der Waals surface area contributed by atoms with Crippen LogP contribution in [-0.4, -0.2) is 84.4 Å². The fraction of sp³-hybridized carbons (Fsp3) is 0.481. The highest BCUT2D eigenvalue weighted by molar-refractivity contribution is 5.76. The van der Waals surface area contributed by atoms with Gasteiger partial charge in [-0.15, -0.1) is 0 Å². The SMILES string of the molecule is CCOC(=O)N1CC2(CCC(N3CCN(c4ncccc4-c4ccc(C#N)cc4)CC3)C2)C1.O=CO.